The second-order valence-electron chi connectivity index (χ2n) is 4.19. The van der Waals surface area contributed by atoms with Gasteiger partial charge in [-0.15, -0.1) is 11.8 Å². The minimum absolute atomic E-state index is 0.710. The van der Waals surface area contributed by atoms with Crippen molar-refractivity contribution in [2.45, 2.75) is 46.0 Å². The number of hydrogen-bond acceptors (Lipinski definition) is 1. The van der Waals surface area contributed by atoms with E-state index in [2.05, 4.69) is 25.8 Å². The van der Waals surface area contributed by atoms with Crippen LogP contribution in [0.5, 0.6) is 0 Å². The second kappa shape index (κ2) is 6.34. The Morgan fingerprint density at radius 1 is 1.57 bits per heavy atom. The Morgan fingerprint density at radius 3 is 3.07 bits per heavy atom. The smallest absolute Gasteiger partial charge is 0.00260 e. The fourth-order valence-corrected chi connectivity index (χ4v) is 2.82. The van der Waals surface area contributed by atoms with Crippen molar-refractivity contribution in [3.63, 3.8) is 0 Å². The van der Waals surface area contributed by atoms with Crippen molar-refractivity contribution < 1.29 is 0 Å². The highest BCUT2D eigenvalue weighted by Crippen LogP contribution is 2.33. The fraction of sp³-hybridized carbons (Fsp3) is 0.692. The standard InChI is InChI=1S/C13H22S/c1-4-5-9-14-10-13-8-6-7-11(2)12(13)3/h10-11H,3-9H2,1-2H3/b13-10-. The van der Waals surface area contributed by atoms with Gasteiger partial charge in [0.2, 0.25) is 0 Å². The Morgan fingerprint density at radius 2 is 2.36 bits per heavy atom. The van der Waals surface area contributed by atoms with Gasteiger partial charge in [-0.25, -0.2) is 0 Å². The predicted molar refractivity (Wildman–Crippen MR) is 67.6 cm³/mol. The maximum absolute atomic E-state index is 4.19. The van der Waals surface area contributed by atoms with Crippen LogP contribution in [0.25, 0.3) is 0 Å². The van der Waals surface area contributed by atoms with Crippen LogP contribution >= 0.6 is 11.8 Å². The highest BCUT2D eigenvalue weighted by molar-refractivity contribution is 8.02. The topological polar surface area (TPSA) is 0 Å². The molecular weight excluding hydrogens is 188 g/mol. The average molecular weight is 210 g/mol. The number of hydrogen-bond donors (Lipinski definition) is 0. The lowest BCUT2D eigenvalue weighted by molar-refractivity contribution is 0.542. The average Bonchev–Trinajstić information content (AvgIpc) is 2.19. The van der Waals surface area contributed by atoms with E-state index in [1.807, 2.05) is 11.8 Å². The Hall–Kier alpha value is -0.170. The van der Waals surface area contributed by atoms with Crippen LogP contribution in [0.15, 0.2) is 23.1 Å². The van der Waals surface area contributed by atoms with Gasteiger partial charge in [0.1, 0.15) is 0 Å². The summed E-state index contributed by atoms with van der Waals surface area (Å²) in [6.45, 7) is 8.74. The van der Waals surface area contributed by atoms with Gasteiger partial charge < -0.3 is 0 Å². The van der Waals surface area contributed by atoms with Gasteiger partial charge >= 0.3 is 0 Å². The van der Waals surface area contributed by atoms with Crippen LogP contribution in [0.2, 0.25) is 0 Å². The molecular formula is C13H22S. The maximum atomic E-state index is 4.19. The molecule has 0 nitrogen and oxygen atoms in total. The van der Waals surface area contributed by atoms with Crippen molar-refractivity contribution in [3.8, 4) is 0 Å². The molecule has 1 fully saturated rings. The molecule has 0 heterocycles. The third kappa shape index (κ3) is 3.53. The lowest BCUT2D eigenvalue weighted by Crippen LogP contribution is -2.07. The van der Waals surface area contributed by atoms with Gasteiger partial charge in [0.15, 0.2) is 0 Å². The molecule has 1 rings (SSSR count). The van der Waals surface area contributed by atoms with Gasteiger partial charge in [-0.3, -0.25) is 0 Å². The normalized spacial score (nSPS) is 25.7. The zero-order valence-corrected chi connectivity index (χ0v) is 10.3. The van der Waals surface area contributed by atoms with Crippen LogP contribution in [0.4, 0.5) is 0 Å². The molecule has 1 saturated carbocycles. The van der Waals surface area contributed by atoms with E-state index < -0.39 is 0 Å². The molecule has 1 aliphatic carbocycles. The molecule has 0 amide bonds. The monoisotopic (exact) mass is 210 g/mol. The highest BCUT2D eigenvalue weighted by Gasteiger charge is 2.16. The summed E-state index contributed by atoms with van der Waals surface area (Å²) >= 11 is 1.97. The summed E-state index contributed by atoms with van der Waals surface area (Å²) in [5.74, 6) is 1.98. The maximum Gasteiger partial charge on any atom is -0.00260 e. The lowest BCUT2D eigenvalue weighted by Gasteiger charge is -2.23. The summed E-state index contributed by atoms with van der Waals surface area (Å²) in [6.07, 6.45) is 6.56. The molecule has 1 aliphatic rings. The van der Waals surface area contributed by atoms with Crippen molar-refractivity contribution in [3.05, 3.63) is 23.1 Å². The van der Waals surface area contributed by atoms with Crippen molar-refractivity contribution in [2.24, 2.45) is 5.92 Å². The van der Waals surface area contributed by atoms with Crippen molar-refractivity contribution in [1.82, 2.24) is 0 Å². The van der Waals surface area contributed by atoms with E-state index in [-0.39, 0.29) is 0 Å². The minimum Gasteiger partial charge on any atom is -0.134 e. The zero-order valence-electron chi connectivity index (χ0n) is 9.51. The molecule has 0 aromatic rings. The second-order valence-corrected chi connectivity index (χ2v) is 5.16. The first-order valence-corrected chi connectivity index (χ1v) is 6.80. The van der Waals surface area contributed by atoms with Crippen LogP contribution in [-0.2, 0) is 0 Å². The number of unbranched alkanes of at least 4 members (excludes halogenated alkanes) is 1. The third-order valence-electron chi connectivity index (χ3n) is 2.93. The Kier molecular flexibility index (Phi) is 5.39. The van der Waals surface area contributed by atoms with Crippen molar-refractivity contribution >= 4 is 11.8 Å². The number of rotatable bonds is 4. The first-order valence-electron chi connectivity index (χ1n) is 5.75. The van der Waals surface area contributed by atoms with E-state index in [9.17, 15) is 0 Å². The molecule has 1 unspecified atom stereocenters. The molecule has 0 spiro atoms. The molecule has 14 heavy (non-hydrogen) atoms. The molecule has 1 heteroatoms. The minimum atomic E-state index is 0.710. The first kappa shape index (κ1) is 11.9. The molecule has 0 radical (unpaired) electrons. The van der Waals surface area contributed by atoms with Crippen LogP contribution in [0.3, 0.4) is 0 Å². The largest absolute Gasteiger partial charge is 0.134 e. The number of thioether (sulfide) groups is 1. The summed E-state index contributed by atoms with van der Waals surface area (Å²) < 4.78 is 0. The molecule has 1 atom stereocenters. The van der Waals surface area contributed by atoms with E-state index in [4.69, 9.17) is 0 Å². The SMILES string of the molecule is C=C1/C(=C\SCCCC)CCCC1C. The molecule has 0 bridgehead atoms. The zero-order chi connectivity index (χ0) is 10.4. The van der Waals surface area contributed by atoms with E-state index in [1.54, 1.807) is 0 Å². The van der Waals surface area contributed by atoms with Crippen LogP contribution in [-0.4, -0.2) is 5.75 Å². The molecule has 0 aromatic heterocycles. The number of allylic oxidation sites excluding steroid dienone is 2. The molecule has 80 valence electrons. The van der Waals surface area contributed by atoms with E-state index >= 15 is 0 Å². The van der Waals surface area contributed by atoms with Crippen LogP contribution in [0, 0.1) is 5.92 Å². The van der Waals surface area contributed by atoms with Gasteiger partial charge in [-0.2, -0.15) is 0 Å². The van der Waals surface area contributed by atoms with E-state index in [0.717, 1.165) is 0 Å². The first-order chi connectivity index (χ1) is 6.75. The van der Waals surface area contributed by atoms with Gasteiger partial charge in [0.25, 0.3) is 0 Å². The van der Waals surface area contributed by atoms with E-state index in [1.165, 1.54) is 49.0 Å². The summed E-state index contributed by atoms with van der Waals surface area (Å²) in [5, 5.41) is 2.35. The Labute approximate surface area is 92.9 Å². The summed E-state index contributed by atoms with van der Waals surface area (Å²) in [7, 11) is 0. The van der Waals surface area contributed by atoms with Crippen LogP contribution in [0.1, 0.15) is 46.0 Å². The van der Waals surface area contributed by atoms with Crippen LogP contribution < -0.4 is 0 Å². The van der Waals surface area contributed by atoms with Gasteiger partial charge in [-0.1, -0.05) is 26.8 Å². The molecule has 0 aliphatic heterocycles. The van der Waals surface area contributed by atoms with Crippen molar-refractivity contribution in [2.75, 3.05) is 5.75 Å². The van der Waals surface area contributed by atoms with E-state index in [0.29, 0.717) is 5.92 Å². The quantitative estimate of drug-likeness (QED) is 0.602. The third-order valence-corrected chi connectivity index (χ3v) is 3.91. The van der Waals surface area contributed by atoms with Crippen molar-refractivity contribution in [1.29, 1.82) is 0 Å². The lowest BCUT2D eigenvalue weighted by atomic mass is 9.83. The van der Waals surface area contributed by atoms with Gasteiger partial charge in [-0.05, 0) is 53.9 Å². The van der Waals surface area contributed by atoms with Gasteiger partial charge in [0, 0.05) is 0 Å². The summed E-state index contributed by atoms with van der Waals surface area (Å²) in [6, 6.07) is 0. The summed E-state index contributed by atoms with van der Waals surface area (Å²) in [4.78, 5) is 0. The summed E-state index contributed by atoms with van der Waals surface area (Å²) in [5.41, 5.74) is 2.91. The Balaban J connectivity index is 2.37. The predicted octanol–water partition coefficient (Wildman–Crippen LogP) is 4.78. The molecule has 0 aromatic carbocycles. The molecule has 0 N–H and O–H groups in total. The van der Waals surface area contributed by atoms with Gasteiger partial charge in [0.05, 0.1) is 0 Å². The highest BCUT2D eigenvalue weighted by atomic mass is 32.2. The molecule has 0 saturated heterocycles. The Bertz CT molecular complexity index is 215. The fourth-order valence-electron chi connectivity index (χ4n) is 1.77.